The Balaban J connectivity index is 1.34. The average molecular weight is 431 g/mol. The number of nitrogens with one attached hydrogen (secondary N) is 2. The van der Waals surface area contributed by atoms with E-state index in [4.69, 9.17) is 0 Å². The van der Waals surface area contributed by atoms with Gasteiger partial charge in [-0.05, 0) is 47.7 Å². The molecule has 0 fully saturated rings. The van der Waals surface area contributed by atoms with Crippen LogP contribution in [0.1, 0.15) is 29.5 Å². The highest BCUT2D eigenvalue weighted by Crippen LogP contribution is 2.30. The molecule has 0 bridgehead atoms. The van der Waals surface area contributed by atoms with Crippen LogP contribution in [0.15, 0.2) is 42.5 Å². The van der Waals surface area contributed by atoms with Gasteiger partial charge in [-0.2, -0.15) is 13.2 Å². The highest BCUT2D eigenvalue weighted by atomic mass is 19.4. The lowest BCUT2D eigenvalue weighted by atomic mass is 9.89. The van der Waals surface area contributed by atoms with E-state index in [0.29, 0.717) is 24.9 Å². The van der Waals surface area contributed by atoms with E-state index in [1.54, 1.807) is 11.0 Å². The van der Waals surface area contributed by atoms with Gasteiger partial charge in [0.25, 0.3) is 0 Å². The normalized spacial score (nSPS) is 17.6. The number of hydrogen-bond donors (Lipinski definition) is 2. The predicted molar refractivity (Wildman–Crippen MR) is 107 cm³/mol. The second-order valence-electron chi connectivity index (χ2n) is 7.77. The lowest BCUT2D eigenvalue weighted by Crippen LogP contribution is -2.32. The molecule has 2 heterocycles. The molecule has 1 unspecified atom stereocenters. The van der Waals surface area contributed by atoms with Gasteiger partial charge in [-0.25, -0.2) is 0 Å². The smallest absolute Gasteiger partial charge is 0.334 e. The van der Waals surface area contributed by atoms with Crippen molar-refractivity contribution >= 4 is 29.1 Å². The molecule has 2 N–H and O–H groups in total. The Morgan fingerprint density at radius 2 is 1.81 bits per heavy atom. The summed E-state index contributed by atoms with van der Waals surface area (Å²) < 4.78 is 37.3. The zero-order valence-corrected chi connectivity index (χ0v) is 16.5. The first-order valence-electron chi connectivity index (χ1n) is 9.87. The summed E-state index contributed by atoms with van der Waals surface area (Å²) in [5.74, 6) is -2.54. The Morgan fingerprint density at radius 3 is 2.58 bits per heavy atom. The van der Waals surface area contributed by atoms with Crippen molar-refractivity contribution in [3.05, 3.63) is 59.2 Å². The fourth-order valence-corrected chi connectivity index (χ4v) is 3.95. The third-order valence-electron chi connectivity index (χ3n) is 5.62. The number of alkyl halides is 3. The Labute approximate surface area is 176 Å². The standard InChI is InChI=1S/C22H20F3N3O3/c23-22(24,25)21(31)26-17-7-5-15-11-28(12-16(15)10-17)19(29)8-6-14-9-13-3-1-2-4-18(13)27-20(14)30/h1-5,7,10,14H,6,8-9,11-12H2,(H,26,31)(H,27,30). The Bertz CT molecular complexity index is 1050. The first-order valence-corrected chi connectivity index (χ1v) is 9.87. The molecule has 0 aromatic heterocycles. The predicted octanol–water partition coefficient (Wildman–Crippen LogP) is 3.62. The lowest BCUT2D eigenvalue weighted by Gasteiger charge is -2.25. The molecule has 9 heteroatoms. The first kappa shape index (κ1) is 20.9. The molecule has 0 radical (unpaired) electrons. The highest BCUT2D eigenvalue weighted by Gasteiger charge is 2.39. The van der Waals surface area contributed by atoms with E-state index >= 15 is 0 Å². The van der Waals surface area contributed by atoms with E-state index in [1.165, 1.54) is 12.1 Å². The van der Waals surface area contributed by atoms with E-state index in [2.05, 4.69) is 5.32 Å². The number of para-hydroxylation sites is 1. The molecule has 0 saturated heterocycles. The van der Waals surface area contributed by atoms with Crippen LogP contribution in [0.3, 0.4) is 0 Å². The number of hydrogen-bond acceptors (Lipinski definition) is 3. The maximum Gasteiger partial charge on any atom is 0.471 e. The fraction of sp³-hybridized carbons (Fsp3) is 0.318. The van der Waals surface area contributed by atoms with E-state index in [9.17, 15) is 27.6 Å². The minimum Gasteiger partial charge on any atom is -0.334 e. The SMILES string of the molecule is O=C1Nc2ccccc2CC1CCC(=O)N1Cc2ccc(NC(=O)C(F)(F)F)cc2C1. The van der Waals surface area contributed by atoms with Crippen molar-refractivity contribution in [2.24, 2.45) is 5.92 Å². The maximum atomic E-state index is 12.7. The van der Waals surface area contributed by atoms with Crippen molar-refractivity contribution in [2.45, 2.75) is 38.5 Å². The van der Waals surface area contributed by atoms with Crippen LogP contribution in [0, 0.1) is 5.92 Å². The molecular formula is C22H20F3N3O3. The molecule has 2 aliphatic heterocycles. The zero-order valence-electron chi connectivity index (χ0n) is 16.5. The van der Waals surface area contributed by atoms with Gasteiger partial charge in [0.15, 0.2) is 0 Å². The summed E-state index contributed by atoms with van der Waals surface area (Å²) in [6, 6.07) is 12.0. The van der Waals surface area contributed by atoms with Crippen LogP contribution in [-0.4, -0.2) is 28.8 Å². The van der Waals surface area contributed by atoms with Gasteiger partial charge < -0.3 is 15.5 Å². The van der Waals surface area contributed by atoms with Crippen molar-refractivity contribution in [1.82, 2.24) is 4.90 Å². The molecule has 3 amide bonds. The monoisotopic (exact) mass is 431 g/mol. The second kappa shape index (κ2) is 8.05. The van der Waals surface area contributed by atoms with Gasteiger partial charge in [0.1, 0.15) is 0 Å². The molecule has 0 aliphatic carbocycles. The topological polar surface area (TPSA) is 78.5 Å². The number of carbonyl (C=O) groups excluding carboxylic acids is 3. The molecule has 2 aromatic carbocycles. The van der Waals surface area contributed by atoms with Crippen molar-refractivity contribution in [3.63, 3.8) is 0 Å². The van der Waals surface area contributed by atoms with Crippen LogP contribution in [0.25, 0.3) is 0 Å². The molecule has 0 saturated carbocycles. The number of rotatable bonds is 4. The maximum absolute atomic E-state index is 12.7. The third kappa shape index (κ3) is 4.55. The van der Waals surface area contributed by atoms with Crippen molar-refractivity contribution in [1.29, 1.82) is 0 Å². The van der Waals surface area contributed by atoms with Gasteiger partial charge in [0, 0.05) is 36.8 Å². The number of amides is 3. The van der Waals surface area contributed by atoms with E-state index < -0.39 is 12.1 Å². The Kier molecular flexibility index (Phi) is 5.43. The summed E-state index contributed by atoms with van der Waals surface area (Å²) in [6.45, 7) is 0.602. The van der Waals surface area contributed by atoms with Gasteiger partial charge in [-0.3, -0.25) is 14.4 Å². The van der Waals surface area contributed by atoms with Gasteiger partial charge >= 0.3 is 12.1 Å². The molecule has 2 aliphatic rings. The third-order valence-corrected chi connectivity index (χ3v) is 5.62. The quantitative estimate of drug-likeness (QED) is 0.776. The van der Waals surface area contributed by atoms with Crippen LogP contribution in [-0.2, 0) is 33.9 Å². The molecule has 31 heavy (non-hydrogen) atoms. The molecule has 162 valence electrons. The van der Waals surface area contributed by atoms with Gasteiger partial charge in [-0.1, -0.05) is 24.3 Å². The molecular weight excluding hydrogens is 411 g/mol. The van der Waals surface area contributed by atoms with Crippen molar-refractivity contribution < 1.29 is 27.6 Å². The summed E-state index contributed by atoms with van der Waals surface area (Å²) >= 11 is 0. The highest BCUT2D eigenvalue weighted by molar-refractivity contribution is 5.96. The largest absolute Gasteiger partial charge is 0.471 e. The number of fused-ring (bicyclic) bond motifs is 2. The van der Waals surface area contributed by atoms with Gasteiger partial charge in [-0.15, -0.1) is 0 Å². The van der Waals surface area contributed by atoms with Crippen LogP contribution in [0.4, 0.5) is 24.5 Å². The minimum absolute atomic E-state index is 0.0351. The van der Waals surface area contributed by atoms with Crippen LogP contribution >= 0.6 is 0 Å². The number of anilines is 2. The average Bonchev–Trinajstić information content (AvgIpc) is 3.15. The molecule has 0 spiro atoms. The lowest BCUT2D eigenvalue weighted by molar-refractivity contribution is -0.167. The molecule has 6 nitrogen and oxygen atoms in total. The summed E-state index contributed by atoms with van der Waals surface area (Å²) in [6.07, 6.45) is -3.77. The number of nitrogens with zero attached hydrogens (tertiary/aromatic N) is 1. The summed E-state index contributed by atoms with van der Waals surface area (Å²) in [5, 5.41) is 4.70. The Morgan fingerprint density at radius 1 is 1.06 bits per heavy atom. The van der Waals surface area contributed by atoms with Gasteiger partial charge in [0.2, 0.25) is 11.8 Å². The van der Waals surface area contributed by atoms with E-state index in [1.807, 2.05) is 29.6 Å². The van der Waals surface area contributed by atoms with Crippen molar-refractivity contribution in [2.75, 3.05) is 10.6 Å². The number of halogens is 3. The molecule has 4 rings (SSSR count). The van der Waals surface area contributed by atoms with E-state index in [0.717, 1.165) is 16.8 Å². The van der Waals surface area contributed by atoms with E-state index in [-0.39, 0.29) is 36.4 Å². The van der Waals surface area contributed by atoms with Crippen LogP contribution < -0.4 is 10.6 Å². The Hall–Kier alpha value is -3.36. The summed E-state index contributed by atoms with van der Waals surface area (Å²) in [4.78, 5) is 37.7. The van der Waals surface area contributed by atoms with Crippen LogP contribution in [0.5, 0.6) is 0 Å². The fourth-order valence-electron chi connectivity index (χ4n) is 3.95. The van der Waals surface area contributed by atoms with Crippen LogP contribution in [0.2, 0.25) is 0 Å². The minimum atomic E-state index is -4.97. The molecule has 1 atom stereocenters. The second-order valence-corrected chi connectivity index (χ2v) is 7.77. The first-order chi connectivity index (χ1) is 14.7. The number of carbonyl (C=O) groups is 3. The molecule has 2 aromatic rings. The summed E-state index contributed by atoms with van der Waals surface area (Å²) in [7, 11) is 0. The van der Waals surface area contributed by atoms with Crippen molar-refractivity contribution in [3.8, 4) is 0 Å². The van der Waals surface area contributed by atoms with Gasteiger partial charge in [0.05, 0.1) is 0 Å². The summed E-state index contributed by atoms with van der Waals surface area (Å²) in [5.41, 5.74) is 3.40. The number of benzene rings is 2. The zero-order chi connectivity index (χ0) is 22.2.